The average molecular weight is 329 g/mol. The lowest BCUT2D eigenvalue weighted by molar-refractivity contribution is 0.0624. The van der Waals surface area contributed by atoms with Gasteiger partial charge in [-0.05, 0) is 62.3 Å². The monoisotopic (exact) mass is 329 g/mol. The first-order chi connectivity index (χ1) is 11.6. The Hall–Kier alpha value is -1.65. The maximum atomic E-state index is 13.1. The number of carbonyl (C=O) groups is 1. The minimum absolute atomic E-state index is 0.0263. The van der Waals surface area contributed by atoms with Crippen molar-refractivity contribution >= 4 is 5.91 Å². The van der Waals surface area contributed by atoms with Crippen molar-refractivity contribution in [3.8, 4) is 0 Å². The standard InChI is InChI=1S/C19H27N3O2/c1-2-3-6-22-18(23)5-4-17(20-22)19(24)21-12-15-8-13-7-14(9-15)11-16(21)10-13/h4-5,13-16H,2-3,6-12H2,1H3. The van der Waals surface area contributed by atoms with E-state index in [1.165, 1.54) is 30.0 Å². The van der Waals surface area contributed by atoms with Crippen molar-refractivity contribution in [3.63, 3.8) is 0 Å². The van der Waals surface area contributed by atoms with E-state index in [-0.39, 0.29) is 11.5 Å². The fourth-order valence-electron chi connectivity index (χ4n) is 5.21. The lowest BCUT2D eigenvalue weighted by Crippen LogP contribution is -2.43. The molecule has 2 saturated carbocycles. The van der Waals surface area contributed by atoms with Crippen LogP contribution < -0.4 is 5.56 Å². The normalized spacial score (nSPS) is 31.3. The molecule has 0 N–H and O–H groups in total. The number of fused-ring (bicyclic) bond motifs is 1. The van der Waals surface area contributed by atoms with Gasteiger partial charge in [0.1, 0.15) is 5.69 Å². The van der Waals surface area contributed by atoms with E-state index in [2.05, 4.69) is 16.9 Å². The highest BCUT2D eigenvalue weighted by Gasteiger charge is 2.44. The van der Waals surface area contributed by atoms with Crippen LogP contribution in [0.3, 0.4) is 0 Å². The highest BCUT2D eigenvalue weighted by Crippen LogP contribution is 2.47. The van der Waals surface area contributed by atoms with E-state index < -0.39 is 0 Å². The lowest BCUT2D eigenvalue weighted by atomic mass is 9.68. The molecule has 130 valence electrons. The number of hydrogen-bond donors (Lipinski definition) is 0. The molecule has 2 aliphatic carbocycles. The second kappa shape index (κ2) is 6.34. The number of aromatic nitrogens is 2. The predicted molar refractivity (Wildman–Crippen MR) is 91.8 cm³/mol. The fraction of sp³-hybridized carbons (Fsp3) is 0.737. The summed E-state index contributed by atoms with van der Waals surface area (Å²) in [5, 5.41) is 4.37. The molecule has 4 bridgehead atoms. The Kier molecular flexibility index (Phi) is 4.19. The third-order valence-corrected chi connectivity index (χ3v) is 6.18. The van der Waals surface area contributed by atoms with Crippen LogP contribution in [0.2, 0.25) is 0 Å². The molecule has 4 fully saturated rings. The smallest absolute Gasteiger partial charge is 0.274 e. The quantitative estimate of drug-likeness (QED) is 0.853. The Morgan fingerprint density at radius 3 is 2.54 bits per heavy atom. The van der Waals surface area contributed by atoms with Crippen molar-refractivity contribution in [2.45, 2.75) is 64.5 Å². The van der Waals surface area contributed by atoms with Crippen LogP contribution in [0.1, 0.15) is 62.4 Å². The summed E-state index contributed by atoms with van der Waals surface area (Å²) in [7, 11) is 0. The summed E-state index contributed by atoms with van der Waals surface area (Å²) in [6.45, 7) is 3.56. The first-order valence-corrected chi connectivity index (χ1v) is 9.53. The molecule has 2 aliphatic heterocycles. The molecule has 0 spiro atoms. The summed E-state index contributed by atoms with van der Waals surface area (Å²) < 4.78 is 1.46. The van der Waals surface area contributed by atoms with Crippen molar-refractivity contribution in [2.75, 3.05) is 6.54 Å². The molecule has 3 heterocycles. The summed E-state index contributed by atoms with van der Waals surface area (Å²) >= 11 is 0. The van der Waals surface area contributed by atoms with Crippen molar-refractivity contribution in [1.29, 1.82) is 0 Å². The van der Waals surface area contributed by atoms with E-state index in [0.717, 1.165) is 44.1 Å². The number of amides is 1. The molecule has 2 saturated heterocycles. The molecule has 0 aromatic carbocycles. The Balaban J connectivity index is 1.58. The molecule has 5 heteroatoms. The number of aryl methyl sites for hydroxylation is 1. The minimum Gasteiger partial charge on any atom is -0.334 e. The second-order valence-corrected chi connectivity index (χ2v) is 8.02. The van der Waals surface area contributed by atoms with E-state index >= 15 is 0 Å². The molecule has 24 heavy (non-hydrogen) atoms. The van der Waals surface area contributed by atoms with Crippen LogP contribution in [0, 0.1) is 17.8 Å². The van der Waals surface area contributed by atoms with E-state index in [9.17, 15) is 9.59 Å². The molecule has 5 rings (SSSR count). The van der Waals surface area contributed by atoms with Crippen molar-refractivity contribution in [1.82, 2.24) is 14.7 Å². The fourth-order valence-corrected chi connectivity index (χ4v) is 5.21. The topological polar surface area (TPSA) is 55.2 Å². The van der Waals surface area contributed by atoms with Gasteiger partial charge in [-0.1, -0.05) is 13.3 Å². The van der Waals surface area contributed by atoms with Crippen LogP contribution in [0.25, 0.3) is 0 Å². The molecule has 5 nitrogen and oxygen atoms in total. The molecule has 2 unspecified atom stereocenters. The van der Waals surface area contributed by atoms with Crippen LogP contribution in [0.15, 0.2) is 16.9 Å². The molecular formula is C19H27N3O2. The molecule has 2 atom stereocenters. The lowest BCUT2D eigenvalue weighted by Gasteiger charge is -2.38. The predicted octanol–water partition coefficient (Wildman–Crippen LogP) is 2.69. The number of carbonyl (C=O) groups excluding carboxylic acids is 1. The average Bonchev–Trinajstić information content (AvgIpc) is 2.77. The van der Waals surface area contributed by atoms with Gasteiger partial charge in [-0.2, -0.15) is 5.10 Å². The Bertz CT molecular complexity index is 669. The van der Waals surface area contributed by atoms with E-state index in [4.69, 9.17) is 0 Å². The van der Waals surface area contributed by atoms with E-state index in [1.54, 1.807) is 6.07 Å². The van der Waals surface area contributed by atoms with Crippen LogP contribution >= 0.6 is 0 Å². The largest absolute Gasteiger partial charge is 0.334 e. The van der Waals surface area contributed by atoms with Gasteiger partial charge in [0.2, 0.25) is 0 Å². The highest BCUT2D eigenvalue weighted by molar-refractivity contribution is 5.92. The van der Waals surface area contributed by atoms with Gasteiger partial charge in [0.25, 0.3) is 11.5 Å². The number of rotatable bonds is 4. The zero-order valence-corrected chi connectivity index (χ0v) is 14.5. The first-order valence-electron chi connectivity index (χ1n) is 9.53. The van der Waals surface area contributed by atoms with Gasteiger partial charge in [-0.3, -0.25) is 9.59 Å². The van der Waals surface area contributed by atoms with Crippen molar-refractivity contribution in [2.24, 2.45) is 17.8 Å². The molecule has 1 aromatic rings. The minimum atomic E-state index is -0.115. The summed E-state index contributed by atoms with van der Waals surface area (Å²) in [5.74, 6) is 2.32. The van der Waals surface area contributed by atoms with Crippen LogP contribution in [-0.2, 0) is 6.54 Å². The Labute approximate surface area is 143 Å². The van der Waals surface area contributed by atoms with Crippen LogP contribution in [0.5, 0.6) is 0 Å². The van der Waals surface area contributed by atoms with Gasteiger partial charge in [0.15, 0.2) is 0 Å². The first kappa shape index (κ1) is 15.9. The van der Waals surface area contributed by atoms with Gasteiger partial charge in [-0.15, -0.1) is 0 Å². The third kappa shape index (κ3) is 2.89. The third-order valence-electron chi connectivity index (χ3n) is 6.18. The molecule has 0 radical (unpaired) electrons. The van der Waals surface area contributed by atoms with E-state index in [1.807, 2.05) is 0 Å². The summed E-state index contributed by atoms with van der Waals surface area (Å²) in [6, 6.07) is 3.49. The van der Waals surface area contributed by atoms with Crippen molar-refractivity contribution < 1.29 is 4.79 Å². The summed E-state index contributed by atoms with van der Waals surface area (Å²) in [5.41, 5.74) is 0.322. The van der Waals surface area contributed by atoms with Crippen molar-refractivity contribution in [3.05, 3.63) is 28.2 Å². The maximum Gasteiger partial charge on any atom is 0.274 e. The Morgan fingerprint density at radius 2 is 1.83 bits per heavy atom. The number of unbranched alkanes of at least 4 members (excludes halogenated alkanes) is 1. The van der Waals surface area contributed by atoms with E-state index in [0.29, 0.717) is 24.2 Å². The Morgan fingerprint density at radius 1 is 1.12 bits per heavy atom. The number of hydrogen-bond acceptors (Lipinski definition) is 3. The molecule has 1 amide bonds. The second-order valence-electron chi connectivity index (χ2n) is 8.02. The van der Waals surface area contributed by atoms with Gasteiger partial charge >= 0.3 is 0 Å². The summed E-state index contributed by atoms with van der Waals surface area (Å²) in [4.78, 5) is 27.1. The number of nitrogens with zero attached hydrogens (tertiary/aromatic N) is 3. The van der Waals surface area contributed by atoms with Crippen LogP contribution in [0.4, 0.5) is 0 Å². The van der Waals surface area contributed by atoms with Gasteiger partial charge in [0, 0.05) is 25.2 Å². The van der Waals surface area contributed by atoms with Gasteiger partial charge < -0.3 is 4.90 Å². The molecular weight excluding hydrogens is 302 g/mol. The maximum absolute atomic E-state index is 13.1. The van der Waals surface area contributed by atoms with Crippen LogP contribution in [-0.4, -0.2) is 33.2 Å². The van der Waals surface area contributed by atoms with Gasteiger partial charge in [-0.25, -0.2) is 4.68 Å². The summed E-state index contributed by atoms with van der Waals surface area (Å²) in [6.07, 6.45) is 8.19. The molecule has 4 aliphatic rings. The highest BCUT2D eigenvalue weighted by atomic mass is 16.2. The zero-order valence-electron chi connectivity index (χ0n) is 14.5. The zero-order chi connectivity index (χ0) is 16.7. The molecule has 1 aromatic heterocycles. The SMILES string of the molecule is CCCCn1nc(C(=O)N2CC3CC4CC(C3)CC2C4)ccc1=O. The van der Waals surface area contributed by atoms with Gasteiger partial charge in [0.05, 0.1) is 0 Å².